The fourth-order valence-electron chi connectivity index (χ4n) is 2.36. The Morgan fingerprint density at radius 1 is 1.26 bits per heavy atom. The zero-order valence-corrected chi connectivity index (χ0v) is 12.2. The second-order valence-electron chi connectivity index (χ2n) is 5.40. The topological polar surface area (TPSA) is 38.9 Å². The summed E-state index contributed by atoms with van der Waals surface area (Å²) in [7, 11) is 0. The third kappa shape index (κ3) is 3.04. The highest BCUT2D eigenvalue weighted by Gasteiger charge is 2.21. The molecule has 2 aromatic rings. The van der Waals surface area contributed by atoms with Gasteiger partial charge in [0.2, 0.25) is 0 Å². The van der Waals surface area contributed by atoms with Crippen LogP contribution in [0.5, 0.6) is 0 Å². The van der Waals surface area contributed by atoms with E-state index in [0.717, 1.165) is 18.0 Å². The maximum Gasteiger partial charge on any atom is 0.0935 e. The van der Waals surface area contributed by atoms with Gasteiger partial charge in [0.25, 0.3) is 0 Å². The van der Waals surface area contributed by atoms with Gasteiger partial charge in [0, 0.05) is 17.0 Å². The number of aromatic nitrogens is 1. The molecule has 1 heterocycles. The molecule has 0 spiro atoms. The van der Waals surface area contributed by atoms with Crippen molar-refractivity contribution in [1.82, 2.24) is 4.98 Å². The molecular weight excluding hydrogens is 252 g/mol. The van der Waals surface area contributed by atoms with Crippen molar-refractivity contribution < 1.29 is 0 Å². The Bertz CT molecular complexity index is 553. The zero-order valence-electron chi connectivity index (χ0n) is 11.4. The van der Waals surface area contributed by atoms with Crippen molar-refractivity contribution in [2.24, 2.45) is 11.7 Å². The Hall–Kier alpha value is -1.19. The lowest BCUT2D eigenvalue weighted by Crippen LogP contribution is -1.95. The number of rotatable bonds is 5. The van der Waals surface area contributed by atoms with Gasteiger partial charge in [0.1, 0.15) is 0 Å². The lowest BCUT2D eigenvalue weighted by molar-refractivity contribution is 0.724. The largest absolute Gasteiger partial charge is 0.326 e. The average molecular weight is 272 g/mol. The van der Waals surface area contributed by atoms with Crippen molar-refractivity contribution in [3.63, 3.8) is 0 Å². The van der Waals surface area contributed by atoms with Crippen LogP contribution in [-0.4, -0.2) is 4.98 Å². The number of aryl methyl sites for hydroxylation is 2. The summed E-state index contributed by atoms with van der Waals surface area (Å²) in [5.41, 5.74) is 9.17. The second kappa shape index (κ2) is 5.43. The summed E-state index contributed by atoms with van der Waals surface area (Å²) in [4.78, 5) is 6.15. The predicted octanol–water partition coefficient (Wildman–Crippen LogP) is 3.92. The van der Waals surface area contributed by atoms with Gasteiger partial charge in [-0.3, -0.25) is 0 Å². The molecule has 2 nitrogen and oxygen atoms in total. The van der Waals surface area contributed by atoms with Crippen LogP contribution in [0.15, 0.2) is 24.3 Å². The minimum atomic E-state index is 0.600. The van der Waals surface area contributed by atoms with Crippen LogP contribution in [0.25, 0.3) is 11.3 Å². The van der Waals surface area contributed by atoms with Gasteiger partial charge in [-0.2, -0.15) is 0 Å². The molecule has 0 amide bonds. The van der Waals surface area contributed by atoms with Crippen molar-refractivity contribution in [2.75, 3.05) is 0 Å². The number of hydrogen-bond donors (Lipinski definition) is 1. The van der Waals surface area contributed by atoms with Gasteiger partial charge < -0.3 is 5.73 Å². The molecule has 1 aliphatic carbocycles. The Labute approximate surface area is 118 Å². The molecule has 1 fully saturated rings. The highest BCUT2D eigenvalue weighted by Crippen LogP contribution is 2.35. The fraction of sp³-hybridized carbons (Fsp3) is 0.438. The van der Waals surface area contributed by atoms with Gasteiger partial charge in [-0.05, 0) is 31.2 Å². The fourth-order valence-corrected chi connectivity index (χ4v) is 3.33. The van der Waals surface area contributed by atoms with Gasteiger partial charge in [0.15, 0.2) is 0 Å². The highest BCUT2D eigenvalue weighted by molar-refractivity contribution is 7.12. The van der Waals surface area contributed by atoms with E-state index in [2.05, 4.69) is 31.2 Å². The summed E-state index contributed by atoms with van der Waals surface area (Å²) in [6.07, 6.45) is 5.32. The van der Waals surface area contributed by atoms with Crippen molar-refractivity contribution >= 4 is 11.3 Å². The third-order valence-corrected chi connectivity index (χ3v) is 4.80. The average Bonchev–Trinajstić information content (AvgIpc) is 3.19. The monoisotopic (exact) mass is 272 g/mol. The van der Waals surface area contributed by atoms with Crippen LogP contribution in [0.4, 0.5) is 0 Å². The molecule has 0 unspecified atom stereocenters. The van der Waals surface area contributed by atoms with Gasteiger partial charge in [-0.1, -0.05) is 37.1 Å². The van der Waals surface area contributed by atoms with E-state index < -0.39 is 0 Å². The molecule has 1 saturated carbocycles. The number of nitrogens with zero attached hydrogens (tertiary/aromatic N) is 1. The van der Waals surface area contributed by atoms with Crippen LogP contribution >= 0.6 is 11.3 Å². The smallest absolute Gasteiger partial charge is 0.0935 e. The van der Waals surface area contributed by atoms with E-state index in [1.165, 1.54) is 40.3 Å². The van der Waals surface area contributed by atoms with Crippen molar-refractivity contribution in [3.05, 3.63) is 39.7 Å². The molecule has 2 N–H and O–H groups in total. The first-order valence-electron chi connectivity index (χ1n) is 7.02. The lowest BCUT2D eigenvalue weighted by atomic mass is 10.1. The second-order valence-corrected chi connectivity index (χ2v) is 6.68. The van der Waals surface area contributed by atoms with E-state index in [1.54, 1.807) is 0 Å². The van der Waals surface area contributed by atoms with Crippen LogP contribution in [0.1, 0.15) is 34.7 Å². The van der Waals surface area contributed by atoms with Crippen molar-refractivity contribution in [2.45, 2.75) is 39.2 Å². The standard InChI is InChI=1S/C16H20N2S/c1-11-16(14-7-4-13(10-17)5-8-14)18-15(19-11)9-6-12-2-3-12/h4-5,7-8,12H,2-3,6,9-10,17H2,1H3. The molecular formula is C16H20N2S. The van der Waals surface area contributed by atoms with Crippen LogP contribution in [0.3, 0.4) is 0 Å². The summed E-state index contributed by atoms with van der Waals surface area (Å²) in [5, 5.41) is 1.29. The minimum absolute atomic E-state index is 0.600. The van der Waals surface area contributed by atoms with Crippen LogP contribution in [-0.2, 0) is 13.0 Å². The molecule has 0 aliphatic heterocycles. The third-order valence-electron chi connectivity index (χ3n) is 3.77. The molecule has 1 aromatic heterocycles. The van der Waals surface area contributed by atoms with Crippen molar-refractivity contribution in [1.29, 1.82) is 0 Å². The first-order valence-corrected chi connectivity index (χ1v) is 7.83. The van der Waals surface area contributed by atoms with Crippen LogP contribution < -0.4 is 5.73 Å². The molecule has 1 aliphatic rings. The van der Waals surface area contributed by atoms with Crippen LogP contribution in [0.2, 0.25) is 0 Å². The highest BCUT2D eigenvalue weighted by atomic mass is 32.1. The Morgan fingerprint density at radius 2 is 2.00 bits per heavy atom. The normalized spacial score (nSPS) is 14.8. The van der Waals surface area contributed by atoms with Gasteiger partial charge >= 0.3 is 0 Å². The summed E-state index contributed by atoms with van der Waals surface area (Å²) in [5.74, 6) is 0.983. The number of nitrogens with two attached hydrogens (primary N) is 1. The van der Waals surface area contributed by atoms with E-state index in [-0.39, 0.29) is 0 Å². The molecule has 19 heavy (non-hydrogen) atoms. The minimum Gasteiger partial charge on any atom is -0.326 e. The van der Waals surface area contributed by atoms with Crippen molar-refractivity contribution in [3.8, 4) is 11.3 Å². The Morgan fingerprint density at radius 3 is 2.63 bits per heavy atom. The Kier molecular flexibility index (Phi) is 3.67. The summed E-state index contributed by atoms with van der Waals surface area (Å²) >= 11 is 1.85. The zero-order chi connectivity index (χ0) is 13.2. The molecule has 0 saturated heterocycles. The molecule has 0 radical (unpaired) electrons. The van der Waals surface area contributed by atoms with Gasteiger partial charge in [-0.15, -0.1) is 11.3 Å². The molecule has 0 atom stereocenters. The number of hydrogen-bond acceptors (Lipinski definition) is 3. The van der Waals surface area contributed by atoms with Crippen LogP contribution in [0, 0.1) is 12.8 Å². The van der Waals surface area contributed by atoms with E-state index in [0.29, 0.717) is 6.54 Å². The van der Waals surface area contributed by atoms with E-state index in [1.807, 2.05) is 11.3 Å². The summed E-state index contributed by atoms with van der Waals surface area (Å²) < 4.78 is 0. The number of thiazole rings is 1. The quantitative estimate of drug-likeness (QED) is 0.896. The van der Waals surface area contributed by atoms with E-state index >= 15 is 0 Å². The lowest BCUT2D eigenvalue weighted by Gasteiger charge is -2.00. The maximum atomic E-state index is 5.63. The predicted molar refractivity (Wildman–Crippen MR) is 81.2 cm³/mol. The first-order chi connectivity index (χ1) is 9.26. The maximum absolute atomic E-state index is 5.63. The van der Waals surface area contributed by atoms with Gasteiger partial charge in [0.05, 0.1) is 10.7 Å². The molecule has 100 valence electrons. The summed E-state index contributed by atoms with van der Waals surface area (Å²) in [6.45, 7) is 2.77. The summed E-state index contributed by atoms with van der Waals surface area (Å²) in [6, 6.07) is 8.46. The Balaban J connectivity index is 1.78. The number of benzene rings is 1. The first kappa shape index (κ1) is 12.8. The van der Waals surface area contributed by atoms with Gasteiger partial charge in [-0.25, -0.2) is 4.98 Å². The molecule has 0 bridgehead atoms. The SMILES string of the molecule is Cc1sc(CCC2CC2)nc1-c1ccc(CN)cc1. The molecule has 3 heteroatoms. The van der Waals surface area contributed by atoms with E-state index in [4.69, 9.17) is 10.7 Å². The van der Waals surface area contributed by atoms with E-state index in [9.17, 15) is 0 Å². The molecule has 3 rings (SSSR count). The molecule has 1 aromatic carbocycles.